The minimum atomic E-state index is -3.49. The lowest BCUT2D eigenvalue weighted by atomic mass is 9.93. The summed E-state index contributed by atoms with van der Waals surface area (Å²) in [5.41, 5.74) is 6.08. The average molecular weight is 768 g/mol. The molecule has 1 aliphatic rings. The van der Waals surface area contributed by atoms with Crippen LogP contribution in [0.15, 0.2) is 71.9 Å². The molecule has 1 saturated heterocycles. The molecule has 2 heterocycles. The molecule has 0 bridgehead atoms. The number of pyridine rings is 1. The zero-order valence-corrected chi connectivity index (χ0v) is 31.6. The van der Waals surface area contributed by atoms with E-state index in [1.165, 1.54) is 18.5 Å². The van der Waals surface area contributed by atoms with Gasteiger partial charge in [0.05, 0.1) is 29.2 Å². The van der Waals surface area contributed by atoms with Gasteiger partial charge in [-0.15, -0.1) is 0 Å². The summed E-state index contributed by atoms with van der Waals surface area (Å²) in [5.74, 6) is 0.253. The van der Waals surface area contributed by atoms with Crippen LogP contribution in [-0.4, -0.2) is 90.8 Å². The lowest BCUT2D eigenvalue weighted by Gasteiger charge is -2.19. The number of halogens is 1. The molecular formula is C39H46ClN3O9S. The predicted molar refractivity (Wildman–Crippen MR) is 201 cm³/mol. The van der Waals surface area contributed by atoms with Crippen LogP contribution >= 0.6 is 11.6 Å². The number of benzene rings is 3. The van der Waals surface area contributed by atoms with Gasteiger partial charge in [0, 0.05) is 62.0 Å². The van der Waals surface area contributed by atoms with Crippen LogP contribution in [-0.2, 0) is 34.4 Å². The Labute approximate surface area is 315 Å². The largest absolute Gasteiger partial charge is 0.493 e. The molecule has 2 atom stereocenters. The van der Waals surface area contributed by atoms with Crippen LogP contribution in [0.5, 0.6) is 17.2 Å². The second-order valence-electron chi connectivity index (χ2n) is 13.2. The molecule has 5 rings (SSSR count). The van der Waals surface area contributed by atoms with E-state index in [0.717, 1.165) is 72.3 Å². The second kappa shape index (κ2) is 18.2. The van der Waals surface area contributed by atoms with Crippen molar-refractivity contribution in [3.05, 3.63) is 99.8 Å². The van der Waals surface area contributed by atoms with Gasteiger partial charge in [-0.05, 0) is 72.7 Å². The predicted octanol–water partition coefficient (Wildman–Crippen LogP) is 4.95. The first-order valence-corrected chi connectivity index (χ1v) is 19.6. The van der Waals surface area contributed by atoms with E-state index in [2.05, 4.69) is 34.3 Å². The number of hydrogen-bond acceptors (Lipinski definition) is 11. The molecule has 4 N–H and O–H groups in total. The van der Waals surface area contributed by atoms with Crippen molar-refractivity contribution in [3.63, 3.8) is 0 Å². The summed E-state index contributed by atoms with van der Waals surface area (Å²) in [4.78, 5) is 17.8. The summed E-state index contributed by atoms with van der Waals surface area (Å²) < 4.78 is 42.7. The fourth-order valence-electron chi connectivity index (χ4n) is 6.16. The maximum absolute atomic E-state index is 12.1. The van der Waals surface area contributed by atoms with Gasteiger partial charge in [0.2, 0.25) is 0 Å². The number of aliphatic hydroxyl groups is 2. The normalized spacial score (nSPS) is 15.3. The number of nitrogens with one attached hydrogen (secondary N) is 1. The summed E-state index contributed by atoms with van der Waals surface area (Å²) in [6.45, 7) is 6.72. The van der Waals surface area contributed by atoms with Gasteiger partial charge >= 0.3 is 5.97 Å². The van der Waals surface area contributed by atoms with E-state index in [9.17, 15) is 28.5 Å². The van der Waals surface area contributed by atoms with Gasteiger partial charge in [0.25, 0.3) is 0 Å². The number of carboxylic acid groups (broad SMARTS) is 1. The number of carboxylic acids is 1. The molecular weight excluding hydrogens is 722 g/mol. The molecule has 2 unspecified atom stereocenters. The van der Waals surface area contributed by atoms with Crippen molar-refractivity contribution < 1.29 is 42.7 Å². The second-order valence-corrected chi connectivity index (χ2v) is 15.6. The molecule has 53 heavy (non-hydrogen) atoms. The van der Waals surface area contributed by atoms with Gasteiger partial charge in [-0.25, -0.2) is 8.42 Å². The molecule has 3 aromatic carbocycles. The van der Waals surface area contributed by atoms with Crippen molar-refractivity contribution in [1.82, 2.24) is 15.2 Å². The number of sulfone groups is 1. The topological polar surface area (TPSA) is 168 Å². The smallest absolute Gasteiger partial charge is 0.323 e. The lowest BCUT2D eigenvalue weighted by molar-refractivity contribution is -0.140. The minimum Gasteiger partial charge on any atom is -0.493 e. The Balaban J connectivity index is 1.32. The number of aromatic nitrogens is 1. The third-order valence-electron chi connectivity index (χ3n) is 9.25. The number of ether oxygens (including phenoxy) is 3. The number of rotatable bonds is 18. The van der Waals surface area contributed by atoms with E-state index in [4.69, 9.17) is 25.8 Å². The van der Waals surface area contributed by atoms with Gasteiger partial charge in [-0.3, -0.25) is 15.1 Å². The Morgan fingerprint density at radius 3 is 2.42 bits per heavy atom. The van der Waals surface area contributed by atoms with Gasteiger partial charge in [0.1, 0.15) is 36.5 Å². The monoisotopic (exact) mass is 767 g/mol. The molecule has 284 valence electrons. The van der Waals surface area contributed by atoms with Gasteiger partial charge < -0.3 is 34.4 Å². The molecule has 0 aliphatic carbocycles. The highest BCUT2D eigenvalue weighted by Gasteiger charge is 2.21. The van der Waals surface area contributed by atoms with Crippen molar-refractivity contribution in [1.29, 1.82) is 0 Å². The Hall–Kier alpha value is -4.24. The molecule has 0 radical (unpaired) electrons. The average Bonchev–Trinajstić information content (AvgIpc) is 3.55. The van der Waals surface area contributed by atoms with E-state index in [0.29, 0.717) is 29.2 Å². The Bertz CT molecular complexity index is 2010. The highest BCUT2D eigenvalue weighted by molar-refractivity contribution is 7.90. The van der Waals surface area contributed by atoms with E-state index in [1.54, 1.807) is 12.1 Å². The quantitative estimate of drug-likeness (QED) is 0.101. The van der Waals surface area contributed by atoms with Crippen LogP contribution in [0.25, 0.3) is 11.1 Å². The van der Waals surface area contributed by atoms with Crippen molar-refractivity contribution in [3.8, 4) is 28.4 Å². The summed E-state index contributed by atoms with van der Waals surface area (Å²) >= 11 is 6.69. The van der Waals surface area contributed by atoms with Crippen molar-refractivity contribution in [2.24, 2.45) is 0 Å². The Morgan fingerprint density at radius 1 is 0.981 bits per heavy atom. The molecule has 1 aromatic heterocycles. The first-order valence-electron chi connectivity index (χ1n) is 17.3. The third-order valence-corrected chi connectivity index (χ3v) is 10.6. The van der Waals surface area contributed by atoms with E-state index >= 15 is 0 Å². The highest BCUT2D eigenvalue weighted by atomic mass is 35.5. The van der Waals surface area contributed by atoms with E-state index in [1.807, 2.05) is 31.2 Å². The summed E-state index contributed by atoms with van der Waals surface area (Å²) in [5, 5.41) is 31.7. The number of aliphatic carboxylic acids is 1. The number of carbonyl (C=O) groups is 1. The Morgan fingerprint density at radius 2 is 1.72 bits per heavy atom. The summed E-state index contributed by atoms with van der Waals surface area (Å²) in [6.07, 6.45) is 5.31. The zero-order valence-electron chi connectivity index (χ0n) is 30.0. The van der Waals surface area contributed by atoms with E-state index < -0.39 is 28.5 Å². The highest BCUT2D eigenvalue weighted by Crippen LogP contribution is 2.36. The number of hydrogen-bond donors (Lipinski definition) is 4. The summed E-state index contributed by atoms with van der Waals surface area (Å²) in [6, 6.07) is 15.5. The standard InChI is InChI=1S/C39H46ClN3O9S/c1-25-28(7-4-8-32(25)33-9-5-10-36(26(33)2)50-14-6-12-43-13-11-30(45)21-43)24-52-38-17-37(29(16-34(38)40)19-42-35(22-44)39(46)47)51-23-27-15-31(20-41-18-27)53(3,48)49/h4-5,7-10,15-18,20,30,35,42,44-45H,6,11-14,19,21-24H2,1-3H3,(H,46,47). The number of likely N-dealkylation sites (tertiary alicyclic amines) is 1. The van der Waals surface area contributed by atoms with Crippen molar-refractivity contribution in [2.75, 3.05) is 39.1 Å². The molecule has 0 spiro atoms. The molecule has 14 heteroatoms. The maximum atomic E-state index is 12.1. The number of aliphatic hydroxyl groups excluding tert-OH is 2. The van der Waals surface area contributed by atoms with Crippen LogP contribution in [0.4, 0.5) is 0 Å². The molecule has 0 saturated carbocycles. The molecule has 1 fully saturated rings. The van der Waals surface area contributed by atoms with Gasteiger partial charge in [-0.2, -0.15) is 0 Å². The van der Waals surface area contributed by atoms with Gasteiger partial charge in [0.15, 0.2) is 9.84 Å². The van der Waals surface area contributed by atoms with Crippen LogP contribution in [0.2, 0.25) is 5.02 Å². The lowest BCUT2D eigenvalue weighted by Crippen LogP contribution is -2.39. The fourth-order valence-corrected chi connectivity index (χ4v) is 7.02. The summed E-state index contributed by atoms with van der Waals surface area (Å²) in [7, 11) is -3.49. The van der Waals surface area contributed by atoms with Crippen LogP contribution in [0.1, 0.15) is 40.7 Å². The van der Waals surface area contributed by atoms with Crippen LogP contribution < -0.4 is 19.5 Å². The SMILES string of the molecule is Cc1c(COc2cc(OCc3cncc(S(C)(=O)=O)c3)c(CNC(CO)C(=O)O)cc2Cl)cccc1-c1cccc(OCCCN2CCC(O)C2)c1C. The molecule has 4 aromatic rings. The van der Waals surface area contributed by atoms with Crippen LogP contribution in [0, 0.1) is 13.8 Å². The number of β-amino-alcohol motifs (C(OH)–C–C–N with tert-alkyl or cyclic N) is 1. The van der Waals surface area contributed by atoms with Gasteiger partial charge in [-0.1, -0.05) is 41.9 Å². The van der Waals surface area contributed by atoms with Crippen molar-refractivity contribution >= 4 is 27.4 Å². The van der Waals surface area contributed by atoms with Crippen molar-refractivity contribution in [2.45, 2.75) is 63.5 Å². The number of nitrogens with zero attached hydrogens (tertiary/aromatic N) is 2. The molecule has 0 amide bonds. The molecule has 12 nitrogen and oxygen atoms in total. The zero-order chi connectivity index (χ0) is 38.1. The Kier molecular flexibility index (Phi) is 13.7. The molecule has 1 aliphatic heterocycles. The van der Waals surface area contributed by atoms with E-state index in [-0.39, 0.29) is 35.8 Å². The fraction of sp³-hybridized carbons (Fsp3) is 0.385. The van der Waals surface area contributed by atoms with Crippen LogP contribution in [0.3, 0.4) is 0 Å². The minimum absolute atomic E-state index is 0.000347. The first kappa shape index (κ1) is 40.0. The maximum Gasteiger partial charge on any atom is 0.323 e. The first-order chi connectivity index (χ1) is 25.3. The third kappa shape index (κ3) is 10.7.